The fourth-order valence-electron chi connectivity index (χ4n) is 3.44. The number of anilines is 1. The minimum Gasteiger partial charge on any atom is -0.505 e. The molecule has 0 saturated heterocycles. The number of aromatic amines is 1. The van der Waals surface area contributed by atoms with Crippen molar-refractivity contribution in [2.75, 3.05) is 18.5 Å². The number of phenols is 1. The predicted molar refractivity (Wildman–Crippen MR) is 113 cm³/mol. The Morgan fingerprint density at radius 3 is 2.71 bits per heavy atom. The Hall–Kier alpha value is -4.35. The predicted octanol–water partition coefficient (Wildman–Crippen LogP) is 2.78. The lowest BCUT2D eigenvalue weighted by molar-refractivity contribution is -0.199. The second-order valence-electron chi connectivity index (χ2n) is 7.33. The van der Waals surface area contributed by atoms with Gasteiger partial charge in [0, 0.05) is 41.7 Å². The van der Waals surface area contributed by atoms with Crippen molar-refractivity contribution >= 4 is 23.5 Å². The molecule has 0 bridgehead atoms. The van der Waals surface area contributed by atoms with Crippen LogP contribution < -0.4 is 10.6 Å². The van der Waals surface area contributed by atoms with E-state index in [0.717, 1.165) is 5.69 Å². The number of fused-ring (bicyclic) bond motifs is 1. The summed E-state index contributed by atoms with van der Waals surface area (Å²) in [4.78, 5) is 42.1. The Labute approximate surface area is 190 Å². The lowest BCUT2D eigenvalue weighted by Gasteiger charge is -2.12. The van der Waals surface area contributed by atoms with E-state index < -0.39 is 24.7 Å². The largest absolute Gasteiger partial charge is 0.505 e. The van der Waals surface area contributed by atoms with Crippen LogP contribution in [0.5, 0.6) is 5.75 Å². The van der Waals surface area contributed by atoms with Crippen LogP contribution in [0.15, 0.2) is 42.6 Å². The molecule has 1 aliphatic rings. The third-order valence-corrected chi connectivity index (χ3v) is 5.03. The fraction of sp³-hybridized carbons (Fsp3) is 0.182. The minimum atomic E-state index is -5.22. The van der Waals surface area contributed by atoms with Crippen LogP contribution in [-0.2, 0) is 20.7 Å². The summed E-state index contributed by atoms with van der Waals surface area (Å²) in [5.41, 5.74) is 3.22. The number of nitrogens with one attached hydrogen (secondary N) is 3. The average molecular weight is 474 g/mol. The number of aromatic nitrogens is 2. The molecule has 34 heavy (non-hydrogen) atoms. The SMILES string of the molecule is O=C(COC(=O)C(F)(F)F)Nc1cccc(-c2cc(-c3cc4c([nH]3)CCNC4=O)ccn2)c1O. The highest BCUT2D eigenvalue weighted by Gasteiger charge is 2.41. The van der Waals surface area contributed by atoms with E-state index in [1.54, 1.807) is 18.2 Å². The van der Waals surface area contributed by atoms with Gasteiger partial charge < -0.3 is 25.5 Å². The van der Waals surface area contributed by atoms with E-state index >= 15 is 0 Å². The number of phenolic OH excluding ortho intramolecular Hbond substituents is 1. The quantitative estimate of drug-likeness (QED) is 0.332. The first kappa shape index (κ1) is 22.8. The van der Waals surface area contributed by atoms with E-state index in [0.29, 0.717) is 35.5 Å². The zero-order valence-electron chi connectivity index (χ0n) is 17.3. The van der Waals surface area contributed by atoms with Crippen molar-refractivity contribution in [3.05, 3.63) is 53.9 Å². The molecule has 0 unspecified atom stereocenters. The molecule has 0 radical (unpaired) electrons. The van der Waals surface area contributed by atoms with Crippen LogP contribution >= 0.6 is 0 Å². The van der Waals surface area contributed by atoms with Crippen LogP contribution in [0.3, 0.4) is 0 Å². The molecule has 3 aromatic rings. The lowest BCUT2D eigenvalue weighted by Crippen LogP contribution is -2.31. The summed E-state index contributed by atoms with van der Waals surface area (Å²) < 4.78 is 40.5. The van der Waals surface area contributed by atoms with E-state index in [1.165, 1.54) is 24.4 Å². The van der Waals surface area contributed by atoms with Gasteiger partial charge in [0.1, 0.15) is 5.75 Å². The maximum absolute atomic E-state index is 12.2. The summed E-state index contributed by atoms with van der Waals surface area (Å²) in [6.45, 7) is -0.643. The number of hydrogen-bond acceptors (Lipinski definition) is 6. The van der Waals surface area contributed by atoms with Crippen LogP contribution in [0.2, 0.25) is 0 Å². The van der Waals surface area contributed by atoms with Gasteiger partial charge in [-0.3, -0.25) is 14.6 Å². The van der Waals surface area contributed by atoms with Crippen molar-refractivity contribution in [1.82, 2.24) is 15.3 Å². The van der Waals surface area contributed by atoms with Crippen LogP contribution in [-0.4, -0.2) is 52.2 Å². The summed E-state index contributed by atoms with van der Waals surface area (Å²) in [5, 5.41) is 15.6. The molecule has 3 heterocycles. The van der Waals surface area contributed by atoms with Crippen molar-refractivity contribution in [2.24, 2.45) is 0 Å². The van der Waals surface area contributed by atoms with Crippen molar-refractivity contribution in [2.45, 2.75) is 12.6 Å². The molecule has 176 valence electrons. The Bertz CT molecular complexity index is 1290. The number of benzene rings is 1. The smallest absolute Gasteiger partial charge is 0.490 e. The molecule has 12 heteroatoms. The normalized spacial score (nSPS) is 13.1. The van der Waals surface area contributed by atoms with Gasteiger partial charge in [-0.05, 0) is 30.3 Å². The number of halogens is 3. The first-order valence-corrected chi connectivity index (χ1v) is 9.96. The molecule has 0 spiro atoms. The summed E-state index contributed by atoms with van der Waals surface area (Å²) in [7, 11) is 0. The number of carbonyl (C=O) groups excluding carboxylic acids is 3. The van der Waals surface area contributed by atoms with Gasteiger partial charge in [0.15, 0.2) is 6.61 Å². The number of ether oxygens (including phenoxy) is 1. The van der Waals surface area contributed by atoms with Crippen LogP contribution in [0.25, 0.3) is 22.5 Å². The van der Waals surface area contributed by atoms with Crippen LogP contribution in [0.1, 0.15) is 16.1 Å². The Morgan fingerprint density at radius 2 is 1.97 bits per heavy atom. The third kappa shape index (κ3) is 4.70. The molecule has 0 saturated carbocycles. The highest BCUT2D eigenvalue weighted by Crippen LogP contribution is 2.36. The average Bonchev–Trinajstić information content (AvgIpc) is 3.24. The van der Waals surface area contributed by atoms with Gasteiger partial charge in [-0.2, -0.15) is 13.2 Å². The Kier molecular flexibility index (Phi) is 5.97. The van der Waals surface area contributed by atoms with E-state index in [9.17, 15) is 32.7 Å². The number of pyridine rings is 1. The molecule has 2 aromatic heterocycles. The number of alkyl halides is 3. The van der Waals surface area contributed by atoms with Gasteiger partial charge >= 0.3 is 12.1 Å². The van der Waals surface area contributed by atoms with Crippen LogP contribution in [0.4, 0.5) is 18.9 Å². The molecule has 4 rings (SSSR count). The number of esters is 1. The number of nitrogens with zero attached hydrogens (tertiary/aromatic N) is 1. The maximum Gasteiger partial charge on any atom is 0.490 e. The summed E-state index contributed by atoms with van der Waals surface area (Å²) >= 11 is 0. The zero-order chi connectivity index (χ0) is 24.5. The van der Waals surface area contributed by atoms with Gasteiger partial charge in [-0.1, -0.05) is 6.07 Å². The number of hydrogen-bond donors (Lipinski definition) is 4. The first-order chi connectivity index (χ1) is 16.1. The van der Waals surface area contributed by atoms with E-state index in [4.69, 9.17) is 0 Å². The van der Waals surface area contributed by atoms with Gasteiger partial charge in [-0.25, -0.2) is 4.79 Å². The molecule has 4 N–H and O–H groups in total. The number of rotatable bonds is 5. The van der Waals surface area contributed by atoms with E-state index in [-0.39, 0.29) is 22.9 Å². The molecule has 1 aliphatic heterocycles. The van der Waals surface area contributed by atoms with Gasteiger partial charge in [-0.15, -0.1) is 0 Å². The molecule has 2 amide bonds. The molecule has 1 aromatic carbocycles. The number of carbonyl (C=O) groups is 3. The highest BCUT2D eigenvalue weighted by atomic mass is 19.4. The molecule has 0 aliphatic carbocycles. The van der Waals surface area contributed by atoms with Gasteiger partial charge in [0.25, 0.3) is 11.8 Å². The minimum absolute atomic E-state index is 0.107. The molecular formula is C22H17F3N4O5. The molecule has 0 fully saturated rings. The summed E-state index contributed by atoms with van der Waals surface area (Å²) in [6.07, 6.45) is -3.05. The third-order valence-electron chi connectivity index (χ3n) is 5.03. The second kappa shape index (κ2) is 8.89. The van der Waals surface area contributed by atoms with Gasteiger partial charge in [0.2, 0.25) is 0 Å². The molecule has 9 nitrogen and oxygen atoms in total. The monoisotopic (exact) mass is 474 g/mol. The van der Waals surface area contributed by atoms with Crippen molar-refractivity contribution in [3.63, 3.8) is 0 Å². The van der Waals surface area contributed by atoms with Gasteiger partial charge in [0.05, 0.1) is 16.9 Å². The lowest BCUT2D eigenvalue weighted by atomic mass is 10.0. The standard InChI is InChI=1S/C22H17F3N4O5/c23-22(24,25)21(33)34-10-18(30)29-15-3-1-2-12(19(15)31)17-8-11(4-6-26-17)16-9-13-14(28-16)5-7-27-20(13)32/h1-4,6,8-9,28,31H,5,7,10H2,(H,27,32)(H,29,30). The number of para-hydroxylation sites is 1. The summed E-state index contributed by atoms with van der Waals surface area (Å²) in [5.74, 6) is -4.11. The topological polar surface area (TPSA) is 133 Å². The van der Waals surface area contributed by atoms with Crippen molar-refractivity contribution in [3.8, 4) is 28.3 Å². The Morgan fingerprint density at radius 1 is 1.18 bits per heavy atom. The molecular weight excluding hydrogens is 457 g/mol. The number of aromatic hydroxyl groups is 1. The first-order valence-electron chi connectivity index (χ1n) is 9.96. The maximum atomic E-state index is 12.2. The van der Waals surface area contributed by atoms with Crippen LogP contribution in [0, 0.1) is 0 Å². The number of amides is 2. The highest BCUT2D eigenvalue weighted by molar-refractivity contribution is 5.98. The van der Waals surface area contributed by atoms with E-state index in [1.807, 2.05) is 0 Å². The Balaban J connectivity index is 1.55. The molecule has 0 atom stereocenters. The fourth-order valence-corrected chi connectivity index (χ4v) is 3.44. The van der Waals surface area contributed by atoms with Crippen molar-refractivity contribution < 1.29 is 37.4 Å². The van der Waals surface area contributed by atoms with E-state index in [2.05, 4.69) is 25.3 Å². The number of H-pyrrole nitrogens is 1. The van der Waals surface area contributed by atoms with Crippen molar-refractivity contribution in [1.29, 1.82) is 0 Å². The summed E-state index contributed by atoms with van der Waals surface area (Å²) in [6, 6.07) is 9.47. The zero-order valence-corrected chi connectivity index (χ0v) is 17.3. The second-order valence-corrected chi connectivity index (χ2v) is 7.33.